The molecule has 0 aliphatic carbocycles. The summed E-state index contributed by atoms with van der Waals surface area (Å²) in [5.41, 5.74) is 1.02. The minimum atomic E-state index is -0.177. The Morgan fingerprint density at radius 1 is 0.638 bits per heavy atom. The summed E-state index contributed by atoms with van der Waals surface area (Å²) in [5, 5.41) is 0. The van der Waals surface area contributed by atoms with Crippen molar-refractivity contribution >= 4 is 5.97 Å². The summed E-state index contributed by atoms with van der Waals surface area (Å²) in [6.07, 6.45) is 8.89. The van der Waals surface area contributed by atoms with Crippen molar-refractivity contribution in [3.8, 4) is 0 Å². The maximum atomic E-state index is 10.3. The van der Waals surface area contributed by atoms with Gasteiger partial charge in [0.1, 0.15) is 6.10 Å². The zero-order chi connectivity index (χ0) is 35.8. The minimum Gasteiger partial charge on any atom is -0.463 e. The molecule has 0 saturated carbocycles. The highest BCUT2D eigenvalue weighted by atomic mass is 16.7. The predicted molar refractivity (Wildman–Crippen MR) is 192 cm³/mol. The molecule has 4 saturated heterocycles. The van der Waals surface area contributed by atoms with Crippen molar-refractivity contribution in [3.05, 3.63) is 0 Å². The standard InChI is InChI=1S/C21H42N2.C11H20O4.C7H14O2/c1-16-11-18(3,4)22(19(5,6)12-16)15-23-20(7,8)13-17(2)14-21(23,9)10;1-3-9-12-5-11(6-13-9)7-14-10(4-2)15-8-11;1-4-7(5-2)9-6(3)8/h16-17H,11-15H2,1-10H3;9-10H,3-8H2,1-2H3;7H,4-5H2,1-3H3. The maximum Gasteiger partial charge on any atom is 0.302 e. The number of rotatable bonds is 7. The van der Waals surface area contributed by atoms with E-state index in [2.05, 4.69) is 92.9 Å². The average molecular weight is 669 g/mol. The second-order valence-corrected chi connectivity index (χ2v) is 17.7. The molecule has 0 aromatic carbocycles. The molecule has 0 unspecified atom stereocenters. The number of nitrogens with zero attached hydrogens (tertiary/aromatic N) is 2. The van der Waals surface area contributed by atoms with Crippen LogP contribution in [0.2, 0.25) is 0 Å². The molecular weight excluding hydrogens is 592 g/mol. The minimum absolute atomic E-state index is 0.0421. The molecule has 1 spiro atoms. The van der Waals surface area contributed by atoms with Crippen LogP contribution in [0.25, 0.3) is 0 Å². The molecule has 8 nitrogen and oxygen atoms in total. The Bertz CT molecular complexity index is 828. The van der Waals surface area contributed by atoms with Crippen LogP contribution in [0.4, 0.5) is 0 Å². The van der Waals surface area contributed by atoms with Crippen LogP contribution >= 0.6 is 0 Å². The molecule has 4 aliphatic rings. The number of carbonyl (C=O) groups is 1. The van der Waals surface area contributed by atoms with E-state index in [1.165, 1.54) is 32.6 Å². The van der Waals surface area contributed by atoms with Gasteiger partial charge in [-0.05, 0) is 119 Å². The van der Waals surface area contributed by atoms with E-state index in [9.17, 15) is 4.79 Å². The second-order valence-electron chi connectivity index (χ2n) is 17.7. The number of likely N-dealkylation sites (tertiary alicyclic amines) is 2. The Kier molecular flexibility index (Phi) is 15.7. The molecule has 0 radical (unpaired) electrons. The van der Waals surface area contributed by atoms with Gasteiger partial charge in [-0.25, -0.2) is 0 Å². The molecule has 4 aliphatic heterocycles. The predicted octanol–water partition coefficient (Wildman–Crippen LogP) is 8.80. The van der Waals surface area contributed by atoms with Gasteiger partial charge in [-0.1, -0.05) is 41.5 Å². The monoisotopic (exact) mass is 669 g/mol. The number of hydrogen-bond donors (Lipinski definition) is 0. The summed E-state index contributed by atoms with van der Waals surface area (Å²) in [4.78, 5) is 16.0. The summed E-state index contributed by atoms with van der Waals surface area (Å²) >= 11 is 0. The molecule has 0 bridgehead atoms. The quantitative estimate of drug-likeness (QED) is 0.250. The van der Waals surface area contributed by atoms with Gasteiger partial charge in [0.2, 0.25) is 0 Å². The van der Waals surface area contributed by atoms with E-state index in [0.717, 1.165) is 44.2 Å². The number of hydrogen-bond acceptors (Lipinski definition) is 8. The van der Waals surface area contributed by atoms with Crippen molar-refractivity contribution in [1.29, 1.82) is 0 Å². The second kappa shape index (κ2) is 17.4. The maximum absolute atomic E-state index is 10.3. The molecule has 0 atom stereocenters. The first-order valence-corrected chi connectivity index (χ1v) is 18.8. The van der Waals surface area contributed by atoms with Crippen LogP contribution in [-0.2, 0) is 28.5 Å². The average Bonchev–Trinajstić information content (AvgIpc) is 2.94. The van der Waals surface area contributed by atoms with Crippen LogP contribution in [-0.4, -0.2) is 89.7 Å². The molecule has 8 heteroatoms. The van der Waals surface area contributed by atoms with Crippen LogP contribution in [0.15, 0.2) is 0 Å². The van der Waals surface area contributed by atoms with E-state index in [4.69, 9.17) is 23.7 Å². The van der Waals surface area contributed by atoms with Crippen molar-refractivity contribution in [2.75, 3.05) is 33.1 Å². The highest BCUT2D eigenvalue weighted by Gasteiger charge is 2.50. The van der Waals surface area contributed by atoms with E-state index in [-0.39, 0.29) is 52.2 Å². The van der Waals surface area contributed by atoms with E-state index >= 15 is 0 Å². The van der Waals surface area contributed by atoms with Crippen molar-refractivity contribution in [2.45, 2.75) is 196 Å². The fraction of sp³-hybridized carbons (Fsp3) is 0.974. The smallest absolute Gasteiger partial charge is 0.302 e. The van der Waals surface area contributed by atoms with E-state index < -0.39 is 0 Å². The van der Waals surface area contributed by atoms with E-state index in [0.29, 0.717) is 26.4 Å². The van der Waals surface area contributed by atoms with Gasteiger partial charge in [-0.2, -0.15) is 0 Å². The molecular formula is C39H76N2O6. The summed E-state index contributed by atoms with van der Waals surface area (Å²) in [6, 6.07) is 0. The van der Waals surface area contributed by atoms with Gasteiger partial charge in [-0.15, -0.1) is 0 Å². The Morgan fingerprint density at radius 2 is 0.936 bits per heavy atom. The van der Waals surface area contributed by atoms with Crippen LogP contribution in [0.5, 0.6) is 0 Å². The summed E-state index contributed by atoms with van der Waals surface area (Å²) in [6.45, 7) is 37.9. The van der Waals surface area contributed by atoms with Crippen molar-refractivity contribution in [2.24, 2.45) is 17.3 Å². The fourth-order valence-electron chi connectivity index (χ4n) is 9.13. The number of ether oxygens (including phenoxy) is 5. The first kappa shape index (κ1) is 42.4. The highest BCUT2D eigenvalue weighted by Crippen LogP contribution is 2.46. The van der Waals surface area contributed by atoms with Crippen molar-refractivity contribution < 1.29 is 28.5 Å². The summed E-state index contributed by atoms with van der Waals surface area (Å²) in [5.74, 6) is 1.46. The van der Waals surface area contributed by atoms with Gasteiger partial charge in [0.05, 0.1) is 38.5 Å². The van der Waals surface area contributed by atoms with Crippen molar-refractivity contribution in [1.82, 2.24) is 9.80 Å². The largest absolute Gasteiger partial charge is 0.463 e. The number of carbonyl (C=O) groups excluding carboxylic acids is 1. The van der Waals surface area contributed by atoms with Gasteiger partial charge in [0.25, 0.3) is 0 Å². The third kappa shape index (κ3) is 12.2. The van der Waals surface area contributed by atoms with Crippen LogP contribution in [0.1, 0.15) is 155 Å². The number of piperidine rings is 2. The fourth-order valence-corrected chi connectivity index (χ4v) is 9.13. The Hall–Kier alpha value is -0.770. The Morgan fingerprint density at radius 3 is 1.15 bits per heavy atom. The molecule has 0 N–H and O–H groups in total. The third-order valence-corrected chi connectivity index (χ3v) is 10.8. The molecule has 0 amide bonds. The first-order valence-electron chi connectivity index (χ1n) is 18.8. The number of esters is 1. The lowest BCUT2D eigenvalue weighted by Crippen LogP contribution is -2.69. The van der Waals surface area contributed by atoms with Crippen LogP contribution in [0, 0.1) is 17.3 Å². The van der Waals surface area contributed by atoms with Crippen molar-refractivity contribution in [3.63, 3.8) is 0 Å². The third-order valence-electron chi connectivity index (χ3n) is 10.8. The molecule has 0 aromatic rings. The molecule has 0 aromatic heterocycles. The van der Waals surface area contributed by atoms with E-state index in [1.54, 1.807) is 0 Å². The van der Waals surface area contributed by atoms with Crippen LogP contribution < -0.4 is 0 Å². The Labute approximate surface area is 290 Å². The molecule has 4 heterocycles. The molecule has 4 fully saturated rings. The molecule has 4 rings (SSSR count). The first-order chi connectivity index (χ1) is 21.7. The summed E-state index contributed by atoms with van der Waals surface area (Å²) < 4.78 is 27.3. The van der Waals surface area contributed by atoms with Gasteiger partial charge in [0.15, 0.2) is 12.6 Å². The SMILES string of the molecule is CC1CC(C)(C)N(CN2C(C)(C)CC(C)CC2(C)C)C(C)(C)C1.CCC(CC)OC(C)=O.CCC1OCC2(CO1)COC(CC)OC2. The van der Waals surface area contributed by atoms with Gasteiger partial charge >= 0.3 is 5.97 Å². The zero-order valence-corrected chi connectivity index (χ0v) is 33.4. The molecule has 47 heavy (non-hydrogen) atoms. The van der Waals surface area contributed by atoms with Gasteiger partial charge in [0, 0.05) is 29.1 Å². The lowest BCUT2D eigenvalue weighted by molar-refractivity contribution is -0.302. The lowest BCUT2D eigenvalue weighted by Gasteiger charge is -2.62. The lowest BCUT2D eigenvalue weighted by atomic mass is 9.72. The topological polar surface area (TPSA) is 69.7 Å². The van der Waals surface area contributed by atoms with Gasteiger partial charge in [-0.3, -0.25) is 14.6 Å². The van der Waals surface area contributed by atoms with E-state index in [1.807, 2.05) is 13.8 Å². The normalized spacial score (nSPS) is 31.0. The summed E-state index contributed by atoms with van der Waals surface area (Å²) in [7, 11) is 0. The van der Waals surface area contributed by atoms with Crippen LogP contribution in [0.3, 0.4) is 0 Å². The highest BCUT2D eigenvalue weighted by molar-refractivity contribution is 5.66. The molecule has 278 valence electrons. The zero-order valence-electron chi connectivity index (χ0n) is 33.4. The Balaban J connectivity index is 0.000000274. The van der Waals surface area contributed by atoms with Gasteiger partial charge < -0.3 is 23.7 Å².